The molecule has 0 aromatic heterocycles. The van der Waals surface area contributed by atoms with Crippen LogP contribution in [0.3, 0.4) is 0 Å². The van der Waals surface area contributed by atoms with Crippen molar-refractivity contribution in [2.45, 2.75) is 0 Å². The third-order valence-electron chi connectivity index (χ3n) is 2.36. The van der Waals surface area contributed by atoms with Crippen molar-refractivity contribution in [3.63, 3.8) is 0 Å². The summed E-state index contributed by atoms with van der Waals surface area (Å²) >= 11 is 0. The van der Waals surface area contributed by atoms with Crippen molar-refractivity contribution in [2.75, 3.05) is 6.54 Å². The lowest BCUT2D eigenvalue weighted by Crippen LogP contribution is -2.17. The molecule has 1 aromatic carbocycles. The Bertz CT molecular complexity index is 444. The average Bonchev–Trinajstić information content (AvgIpc) is 2.29. The molecule has 1 aromatic rings. The van der Waals surface area contributed by atoms with Crippen molar-refractivity contribution in [3.8, 4) is 0 Å². The Morgan fingerprint density at radius 2 is 2.20 bits per heavy atom. The highest BCUT2D eigenvalue weighted by molar-refractivity contribution is 5.70. The van der Waals surface area contributed by atoms with Gasteiger partial charge in [-0.25, -0.2) is 4.39 Å². The minimum Gasteiger partial charge on any atom is -0.381 e. The first-order valence-electron chi connectivity index (χ1n) is 4.83. The first-order valence-corrected chi connectivity index (χ1v) is 4.83. The number of hydrogen-bond donors (Lipinski definition) is 1. The molecule has 0 saturated carbocycles. The van der Waals surface area contributed by atoms with Crippen LogP contribution in [0.2, 0.25) is 0 Å². The molecule has 0 aliphatic carbocycles. The Morgan fingerprint density at radius 3 is 2.80 bits per heavy atom. The lowest BCUT2D eigenvalue weighted by Gasteiger charge is -2.15. The number of halogens is 1. The van der Waals surface area contributed by atoms with Gasteiger partial charge in [0.15, 0.2) is 0 Å². The van der Waals surface area contributed by atoms with Crippen LogP contribution in [-0.4, -0.2) is 6.54 Å². The standard InChI is InChI=1S/C13H12FN/c1-2-13-7-6-11(9-15-13)10-4-3-5-12(14)8-10/h2-8,15H,1,9H2. The van der Waals surface area contributed by atoms with Gasteiger partial charge in [0.2, 0.25) is 0 Å². The van der Waals surface area contributed by atoms with E-state index in [4.69, 9.17) is 0 Å². The average molecular weight is 201 g/mol. The summed E-state index contributed by atoms with van der Waals surface area (Å²) in [4.78, 5) is 0. The van der Waals surface area contributed by atoms with Gasteiger partial charge in [-0.3, -0.25) is 0 Å². The minimum absolute atomic E-state index is 0.202. The summed E-state index contributed by atoms with van der Waals surface area (Å²) in [6.07, 6.45) is 5.69. The summed E-state index contributed by atoms with van der Waals surface area (Å²) in [6.45, 7) is 4.39. The quantitative estimate of drug-likeness (QED) is 0.775. The molecule has 76 valence electrons. The van der Waals surface area contributed by atoms with Crippen LogP contribution < -0.4 is 5.32 Å². The Balaban J connectivity index is 2.30. The van der Waals surface area contributed by atoms with Crippen LogP contribution in [0, 0.1) is 5.82 Å². The van der Waals surface area contributed by atoms with Crippen LogP contribution in [0.1, 0.15) is 5.56 Å². The van der Waals surface area contributed by atoms with Crippen molar-refractivity contribution in [3.05, 3.63) is 66.2 Å². The van der Waals surface area contributed by atoms with Crippen LogP contribution in [0.25, 0.3) is 5.57 Å². The molecule has 0 saturated heterocycles. The number of dihydropyridines is 1. The van der Waals surface area contributed by atoms with E-state index in [1.807, 2.05) is 18.2 Å². The summed E-state index contributed by atoms with van der Waals surface area (Å²) in [5.74, 6) is -0.202. The summed E-state index contributed by atoms with van der Waals surface area (Å²) in [5, 5.41) is 3.19. The molecular formula is C13H12FN. The minimum atomic E-state index is -0.202. The molecule has 0 spiro atoms. The number of nitrogens with one attached hydrogen (secondary N) is 1. The predicted molar refractivity (Wildman–Crippen MR) is 60.7 cm³/mol. The Hall–Kier alpha value is -1.83. The first kappa shape index (κ1) is 9.71. The fraction of sp³-hybridized carbons (Fsp3) is 0.0769. The SMILES string of the molecule is C=CC1=CC=C(c2cccc(F)c2)CN1. The zero-order valence-electron chi connectivity index (χ0n) is 8.33. The van der Waals surface area contributed by atoms with E-state index >= 15 is 0 Å². The van der Waals surface area contributed by atoms with Gasteiger partial charge in [0.05, 0.1) is 0 Å². The number of hydrogen-bond acceptors (Lipinski definition) is 1. The second kappa shape index (κ2) is 4.13. The largest absolute Gasteiger partial charge is 0.381 e. The van der Waals surface area contributed by atoms with E-state index < -0.39 is 0 Å². The van der Waals surface area contributed by atoms with Gasteiger partial charge < -0.3 is 5.32 Å². The Morgan fingerprint density at radius 1 is 1.33 bits per heavy atom. The van der Waals surface area contributed by atoms with Gasteiger partial charge in [0.25, 0.3) is 0 Å². The molecule has 0 unspecified atom stereocenters. The van der Waals surface area contributed by atoms with Gasteiger partial charge in [0, 0.05) is 12.2 Å². The third kappa shape index (κ3) is 2.15. The maximum absolute atomic E-state index is 13.0. The van der Waals surface area contributed by atoms with E-state index in [0.717, 1.165) is 16.8 Å². The molecule has 15 heavy (non-hydrogen) atoms. The highest BCUT2D eigenvalue weighted by atomic mass is 19.1. The van der Waals surface area contributed by atoms with Crippen LogP contribution in [0.5, 0.6) is 0 Å². The lowest BCUT2D eigenvalue weighted by molar-refractivity contribution is 0.627. The van der Waals surface area contributed by atoms with E-state index in [2.05, 4.69) is 11.9 Å². The van der Waals surface area contributed by atoms with E-state index in [1.54, 1.807) is 18.2 Å². The topological polar surface area (TPSA) is 12.0 Å². The summed E-state index contributed by atoms with van der Waals surface area (Å²) in [7, 11) is 0. The van der Waals surface area contributed by atoms with Gasteiger partial charge >= 0.3 is 0 Å². The van der Waals surface area contributed by atoms with Crippen molar-refractivity contribution in [2.24, 2.45) is 0 Å². The van der Waals surface area contributed by atoms with Crippen LogP contribution in [-0.2, 0) is 0 Å². The predicted octanol–water partition coefficient (Wildman–Crippen LogP) is 2.88. The van der Waals surface area contributed by atoms with Crippen molar-refractivity contribution < 1.29 is 4.39 Å². The lowest BCUT2D eigenvalue weighted by atomic mass is 10.0. The zero-order valence-corrected chi connectivity index (χ0v) is 8.33. The molecule has 1 aliphatic rings. The number of benzene rings is 1. The molecule has 1 nitrogen and oxygen atoms in total. The highest BCUT2D eigenvalue weighted by Gasteiger charge is 2.05. The van der Waals surface area contributed by atoms with Crippen LogP contribution in [0.4, 0.5) is 4.39 Å². The zero-order chi connectivity index (χ0) is 10.7. The number of allylic oxidation sites excluding steroid dienone is 3. The van der Waals surface area contributed by atoms with E-state index in [0.29, 0.717) is 6.54 Å². The van der Waals surface area contributed by atoms with Crippen LogP contribution in [0.15, 0.2) is 54.8 Å². The van der Waals surface area contributed by atoms with E-state index in [9.17, 15) is 4.39 Å². The van der Waals surface area contributed by atoms with Crippen molar-refractivity contribution in [1.82, 2.24) is 5.32 Å². The van der Waals surface area contributed by atoms with Gasteiger partial charge in [-0.15, -0.1) is 0 Å². The molecule has 1 aliphatic heterocycles. The highest BCUT2D eigenvalue weighted by Crippen LogP contribution is 2.18. The second-order valence-electron chi connectivity index (χ2n) is 3.38. The molecule has 1 N–H and O–H groups in total. The molecule has 2 heteroatoms. The van der Waals surface area contributed by atoms with Crippen molar-refractivity contribution >= 4 is 5.57 Å². The maximum atomic E-state index is 13.0. The van der Waals surface area contributed by atoms with Gasteiger partial charge in [-0.05, 0) is 35.4 Å². The van der Waals surface area contributed by atoms with Crippen molar-refractivity contribution in [1.29, 1.82) is 0 Å². The third-order valence-corrected chi connectivity index (χ3v) is 2.36. The van der Waals surface area contributed by atoms with Gasteiger partial charge in [0.1, 0.15) is 5.82 Å². The van der Waals surface area contributed by atoms with E-state index in [-0.39, 0.29) is 5.82 Å². The second-order valence-corrected chi connectivity index (χ2v) is 3.38. The fourth-order valence-electron chi connectivity index (χ4n) is 1.53. The molecule has 0 fully saturated rings. The molecule has 1 heterocycles. The number of rotatable bonds is 2. The summed E-state index contributed by atoms with van der Waals surface area (Å²) < 4.78 is 13.0. The van der Waals surface area contributed by atoms with E-state index in [1.165, 1.54) is 6.07 Å². The Labute approximate surface area is 88.6 Å². The monoisotopic (exact) mass is 201 g/mol. The Kier molecular flexibility index (Phi) is 2.68. The molecule has 0 amide bonds. The molecule has 0 bridgehead atoms. The first-order chi connectivity index (χ1) is 7.29. The summed E-state index contributed by atoms with van der Waals surface area (Å²) in [6, 6.07) is 6.62. The maximum Gasteiger partial charge on any atom is 0.123 e. The molecule has 0 radical (unpaired) electrons. The smallest absolute Gasteiger partial charge is 0.123 e. The molecular weight excluding hydrogens is 189 g/mol. The van der Waals surface area contributed by atoms with Gasteiger partial charge in [-0.1, -0.05) is 24.8 Å². The fourth-order valence-corrected chi connectivity index (χ4v) is 1.53. The normalized spacial score (nSPS) is 15.0. The summed E-state index contributed by atoms with van der Waals surface area (Å²) in [5.41, 5.74) is 3.00. The van der Waals surface area contributed by atoms with Crippen LogP contribution >= 0.6 is 0 Å². The van der Waals surface area contributed by atoms with Gasteiger partial charge in [-0.2, -0.15) is 0 Å². The molecule has 0 atom stereocenters. The molecule has 2 rings (SSSR count).